The quantitative estimate of drug-likeness (QED) is 0.590. The third-order valence-corrected chi connectivity index (χ3v) is 6.05. The van der Waals surface area contributed by atoms with E-state index in [4.69, 9.17) is 11.6 Å². The van der Waals surface area contributed by atoms with Crippen LogP contribution < -0.4 is 15.0 Å². The molecule has 164 valence electrons. The summed E-state index contributed by atoms with van der Waals surface area (Å²) in [7, 11) is 0. The van der Waals surface area contributed by atoms with Crippen LogP contribution in [0.1, 0.15) is 0 Å². The first-order valence-corrected chi connectivity index (χ1v) is 10.6. The number of anilines is 2. The number of rotatable bonds is 5. The molecule has 1 amide bonds. The van der Waals surface area contributed by atoms with E-state index in [1.54, 1.807) is 11.3 Å². The molecular weight excluding hydrogens is 453 g/mol. The lowest BCUT2D eigenvalue weighted by Crippen LogP contribution is -2.48. The summed E-state index contributed by atoms with van der Waals surface area (Å²) in [4.78, 5) is 21.2. The Kier molecular flexibility index (Phi) is 6.22. The van der Waals surface area contributed by atoms with E-state index in [1.807, 2.05) is 23.1 Å². The molecule has 1 fully saturated rings. The number of hydrogen-bond donors (Lipinski definition) is 1. The van der Waals surface area contributed by atoms with E-state index in [0.29, 0.717) is 23.8 Å². The number of nitrogens with one attached hydrogen (secondary N) is 1. The molecule has 0 unspecified atom stereocenters. The van der Waals surface area contributed by atoms with Crippen molar-refractivity contribution in [2.24, 2.45) is 0 Å². The van der Waals surface area contributed by atoms with Gasteiger partial charge in [0.05, 0.1) is 16.8 Å². The summed E-state index contributed by atoms with van der Waals surface area (Å²) >= 11 is 7.64. The molecule has 0 radical (unpaired) electrons. The number of fused-ring (bicyclic) bond motifs is 1. The van der Waals surface area contributed by atoms with Crippen molar-refractivity contribution in [2.45, 2.75) is 6.36 Å². The van der Waals surface area contributed by atoms with Gasteiger partial charge in [-0.15, -0.1) is 13.2 Å². The summed E-state index contributed by atoms with van der Waals surface area (Å²) in [5.41, 5.74) is 1.28. The number of carbonyl (C=O) groups is 1. The molecule has 3 aromatic rings. The van der Waals surface area contributed by atoms with Crippen molar-refractivity contribution in [3.63, 3.8) is 0 Å². The topological polar surface area (TPSA) is 57.7 Å². The average Bonchev–Trinajstić information content (AvgIpc) is 3.12. The fourth-order valence-electron chi connectivity index (χ4n) is 3.26. The minimum atomic E-state index is -4.74. The van der Waals surface area contributed by atoms with Crippen molar-refractivity contribution < 1.29 is 22.7 Å². The first-order chi connectivity index (χ1) is 14.7. The van der Waals surface area contributed by atoms with E-state index in [9.17, 15) is 18.0 Å². The smallest absolute Gasteiger partial charge is 0.406 e. The highest BCUT2D eigenvalue weighted by Gasteiger charge is 2.31. The highest BCUT2D eigenvalue weighted by molar-refractivity contribution is 7.22. The predicted molar refractivity (Wildman–Crippen MR) is 115 cm³/mol. The van der Waals surface area contributed by atoms with Gasteiger partial charge in [-0.05, 0) is 42.5 Å². The first-order valence-electron chi connectivity index (χ1n) is 9.44. The van der Waals surface area contributed by atoms with Gasteiger partial charge in [0.25, 0.3) is 0 Å². The van der Waals surface area contributed by atoms with Gasteiger partial charge in [0, 0.05) is 36.9 Å². The van der Waals surface area contributed by atoms with Gasteiger partial charge >= 0.3 is 6.36 Å². The monoisotopic (exact) mass is 470 g/mol. The van der Waals surface area contributed by atoms with Gasteiger partial charge in [0.15, 0.2) is 5.13 Å². The number of carbonyl (C=O) groups excluding carboxylic acids is 1. The zero-order valence-corrected chi connectivity index (χ0v) is 17.7. The zero-order valence-electron chi connectivity index (χ0n) is 16.2. The van der Waals surface area contributed by atoms with Crippen LogP contribution in [0.3, 0.4) is 0 Å². The number of piperazine rings is 1. The lowest BCUT2D eigenvalue weighted by molar-refractivity contribution is -0.274. The van der Waals surface area contributed by atoms with Gasteiger partial charge in [-0.2, -0.15) is 0 Å². The Morgan fingerprint density at radius 1 is 1.13 bits per heavy atom. The Morgan fingerprint density at radius 3 is 2.52 bits per heavy atom. The van der Waals surface area contributed by atoms with Crippen molar-refractivity contribution in [3.8, 4) is 5.75 Å². The van der Waals surface area contributed by atoms with Crippen LogP contribution >= 0.6 is 22.9 Å². The lowest BCUT2D eigenvalue weighted by Gasteiger charge is -2.34. The molecule has 0 atom stereocenters. The van der Waals surface area contributed by atoms with Gasteiger partial charge in [-0.25, -0.2) is 4.98 Å². The summed E-state index contributed by atoms with van der Waals surface area (Å²) in [6.45, 7) is 3.07. The molecule has 0 aliphatic carbocycles. The lowest BCUT2D eigenvalue weighted by atomic mass is 10.3. The second-order valence-electron chi connectivity index (χ2n) is 6.99. The number of aromatic nitrogens is 1. The van der Waals surface area contributed by atoms with Crippen LogP contribution in [0, 0.1) is 0 Å². The molecule has 11 heteroatoms. The number of alkyl halides is 3. The number of nitrogens with zero attached hydrogens (tertiary/aromatic N) is 3. The largest absolute Gasteiger partial charge is 0.573 e. The SMILES string of the molecule is O=C(CN1CCN(c2nc3cc(Cl)ccc3s2)CC1)Nc1ccc(OC(F)(F)F)cc1. The van der Waals surface area contributed by atoms with Gasteiger partial charge in [-0.3, -0.25) is 9.69 Å². The van der Waals surface area contributed by atoms with Crippen molar-refractivity contribution >= 4 is 49.9 Å². The molecule has 2 heterocycles. The van der Waals surface area contributed by atoms with Crippen molar-refractivity contribution in [2.75, 3.05) is 42.9 Å². The second kappa shape index (κ2) is 8.89. The van der Waals surface area contributed by atoms with Crippen LogP contribution in [0.4, 0.5) is 24.0 Å². The van der Waals surface area contributed by atoms with Gasteiger partial charge < -0.3 is 15.0 Å². The number of amides is 1. The number of benzene rings is 2. The fourth-order valence-corrected chi connectivity index (χ4v) is 4.43. The van der Waals surface area contributed by atoms with Crippen LogP contribution in [0.15, 0.2) is 42.5 Å². The highest BCUT2D eigenvalue weighted by atomic mass is 35.5. The summed E-state index contributed by atoms with van der Waals surface area (Å²) < 4.78 is 41.5. The Hall–Kier alpha value is -2.56. The van der Waals surface area contributed by atoms with Crippen LogP contribution in [-0.2, 0) is 4.79 Å². The number of thiazole rings is 1. The molecule has 2 aromatic carbocycles. The maximum absolute atomic E-state index is 12.3. The average molecular weight is 471 g/mol. The van der Waals surface area contributed by atoms with E-state index in [-0.39, 0.29) is 18.2 Å². The maximum Gasteiger partial charge on any atom is 0.573 e. The molecule has 1 aliphatic heterocycles. The number of hydrogen-bond acceptors (Lipinski definition) is 6. The Bertz CT molecular complexity index is 1070. The van der Waals surface area contributed by atoms with E-state index >= 15 is 0 Å². The molecule has 1 aromatic heterocycles. The molecule has 1 saturated heterocycles. The molecule has 0 bridgehead atoms. The molecule has 0 saturated carbocycles. The molecule has 31 heavy (non-hydrogen) atoms. The molecule has 0 spiro atoms. The van der Waals surface area contributed by atoms with E-state index in [2.05, 4.69) is 19.9 Å². The van der Waals surface area contributed by atoms with E-state index in [1.165, 1.54) is 12.1 Å². The normalized spacial score (nSPS) is 15.3. The van der Waals surface area contributed by atoms with E-state index in [0.717, 1.165) is 40.6 Å². The van der Waals surface area contributed by atoms with E-state index < -0.39 is 6.36 Å². The highest BCUT2D eigenvalue weighted by Crippen LogP contribution is 2.31. The van der Waals surface area contributed by atoms with Crippen LogP contribution in [0.25, 0.3) is 10.2 Å². The molecule has 4 rings (SSSR count). The predicted octanol–water partition coefficient (Wildman–Crippen LogP) is 4.61. The summed E-state index contributed by atoms with van der Waals surface area (Å²) in [6, 6.07) is 10.7. The van der Waals surface area contributed by atoms with Gasteiger partial charge in [0.1, 0.15) is 5.75 Å². The van der Waals surface area contributed by atoms with Crippen molar-refractivity contribution in [1.82, 2.24) is 9.88 Å². The van der Waals surface area contributed by atoms with Crippen molar-refractivity contribution in [1.29, 1.82) is 0 Å². The second-order valence-corrected chi connectivity index (χ2v) is 8.44. The minimum Gasteiger partial charge on any atom is -0.406 e. The van der Waals surface area contributed by atoms with Crippen LogP contribution in [0.2, 0.25) is 5.02 Å². The van der Waals surface area contributed by atoms with Gasteiger partial charge in [0.2, 0.25) is 5.91 Å². The molecule has 1 aliphatic rings. The van der Waals surface area contributed by atoms with Crippen LogP contribution in [-0.4, -0.2) is 54.9 Å². The summed E-state index contributed by atoms with van der Waals surface area (Å²) in [5, 5.41) is 4.28. The molecule has 1 N–H and O–H groups in total. The Balaban J connectivity index is 1.27. The Morgan fingerprint density at radius 2 is 1.84 bits per heavy atom. The minimum absolute atomic E-state index is 0.199. The van der Waals surface area contributed by atoms with Crippen LogP contribution in [0.5, 0.6) is 5.75 Å². The summed E-state index contributed by atoms with van der Waals surface area (Å²) in [5.74, 6) is -0.564. The zero-order chi connectivity index (χ0) is 22.0. The van der Waals surface area contributed by atoms with Crippen molar-refractivity contribution in [3.05, 3.63) is 47.5 Å². The summed E-state index contributed by atoms with van der Waals surface area (Å²) in [6.07, 6.45) is -4.74. The number of halogens is 4. The molecule has 6 nitrogen and oxygen atoms in total. The third-order valence-electron chi connectivity index (χ3n) is 4.72. The third kappa shape index (κ3) is 5.78. The van der Waals surface area contributed by atoms with Gasteiger partial charge in [-0.1, -0.05) is 22.9 Å². The number of ether oxygens (including phenoxy) is 1. The Labute approximate surface area is 185 Å². The maximum atomic E-state index is 12.3. The standard InChI is InChI=1S/C20H18ClF3N4O2S/c21-13-1-6-17-16(11-13)26-19(31-17)28-9-7-27(8-10-28)12-18(29)25-14-2-4-15(5-3-14)30-20(22,23)24/h1-6,11H,7-10,12H2,(H,25,29). The fraction of sp³-hybridized carbons (Fsp3) is 0.300. The first kappa shape index (κ1) is 21.7. The molecular formula is C20H18ClF3N4O2S.